The van der Waals surface area contributed by atoms with Gasteiger partial charge in [-0.2, -0.15) is 0 Å². The van der Waals surface area contributed by atoms with Crippen LogP contribution in [0.15, 0.2) is 36.4 Å². The SMILES string of the molecule is COc1cc(Cl)c(NC(=O)c2cccc(N3C(=O)CCC3=O)c2)cc1OC. The topological polar surface area (TPSA) is 84.9 Å². The molecule has 1 aliphatic heterocycles. The van der Waals surface area contributed by atoms with Crippen LogP contribution in [0, 0.1) is 0 Å². The number of anilines is 2. The van der Waals surface area contributed by atoms with Crippen LogP contribution < -0.4 is 19.7 Å². The van der Waals surface area contributed by atoms with Gasteiger partial charge in [0.1, 0.15) is 0 Å². The standard InChI is InChI=1S/C19H17ClN2O5/c1-26-15-9-13(20)14(10-16(15)27-2)21-19(25)11-4-3-5-12(8-11)22-17(23)6-7-18(22)24/h3-5,8-10H,6-7H2,1-2H3,(H,21,25). The second-order valence-electron chi connectivity index (χ2n) is 5.81. The normalized spacial score (nSPS) is 13.7. The Morgan fingerprint density at radius 3 is 2.30 bits per heavy atom. The molecular formula is C19H17ClN2O5. The molecule has 2 aromatic carbocycles. The molecular weight excluding hydrogens is 372 g/mol. The van der Waals surface area contributed by atoms with Gasteiger partial charge in [0.2, 0.25) is 11.8 Å². The van der Waals surface area contributed by atoms with Crippen molar-refractivity contribution in [2.75, 3.05) is 24.4 Å². The number of rotatable bonds is 5. The van der Waals surface area contributed by atoms with E-state index in [9.17, 15) is 14.4 Å². The van der Waals surface area contributed by atoms with Crippen molar-refractivity contribution in [3.63, 3.8) is 0 Å². The van der Waals surface area contributed by atoms with Crippen molar-refractivity contribution in [3.8, 4) is 11.5 Å². The van der Waals surface area contributed by atoms with Crippen molar-refractivity contribution in [3.05, 3.63) is 47.0 Å². The van der Waals surface area contributed by atoms with Crippen LogP contribution in [0.4, 0.5) is 11.4 Å². The zero-order chi connectivity index (χ0) is 19.6. The average molecular weight is 389 g/mol. The summed E-state index contributed by atoms with van der Waals surface area (Å²) >= 11 is 6.19. The number of nitrogens with zero attached hydrogens (tertiary/aromatic N) is 1. The van der Waals surface area contributed by atoms with E-state index in [1.807, 2.05) is 0 Å². The number of imide groups is 1. The van der Waals surface area contributed by atoms with Gasteiger partial charge in [0.25, 0.3) is 5.91 Å². The van der Waals surface area contributed by atoms with Gasteiger partial charge in [-0.3, -0.25) is 19.3 Å². The fourth-order valence-electron chi connectivity index (χ4n) is 2.80. The zero-order valence-corrected chi connectivity index (χ0v) is 15.5. The zero-order valence-electron chi connectivity index (χ0n) is 14.7. The molecule has 0 radical (unpaired) electrons. The van der Waals surface area contributed by atoms with Crippen molar-refractivity contribution < 1.29 is 23.9 Å². The molecule has 2 aromatic rings. The second-order valence-corrected chi connectivity index (χ2v) is 6.22. The Kier molecular flexibility index (Phi) is 5.32. The first-order valence-electron chi connectivity index (χ1n) is 8.13. The molecule has 3 rings (SSSR count). The molecule has 1 heterocycles. The average Bonchev–Trinajstić information content (AvgIpc) is 3.01. The summed E-state index contributed by atoms with van der Waals surface area (Å²) < 4.78 is 10.4. The van der Waals surface area contributed by atoms with Gasteiger partial charge in [0, 0.05) is 30.5 Å². The van der Waals surface area contributed by atoms with Crippen molar-refractivity contribution in [1.82, 2.24) is 0 Å². The molecule has 0 spiro atoms. The van der Waals surface area contributed by atoms with E-state index in [1.165, 1.54) is 26.4 Å². The van der Waals surface area contributed by atoms with Gasteiger partial charge in [-0.05, 0) is 18.2 Å². The molecule has 0 bridgehead atoms. The Morgan fingerprint density at radius 1 is 1.04 bits per heavy atom. The van der Waals surface area contributed by atoms with Gasteiger partial charge in [0.15, 0.2) is 11.5 Å². The van der Waals surface area contributed by atoms with Crippen LogP contribution in [0.1, 0.15) is 23.2 Å². The van der Waals surface area contributed by atoms with E-state index in [-0.39, 0.29) is 35.2 Å². The van der Waals surface area contributed by atoms with Crippen molar-refractivity contribution in [2.24, 2.45) is 0 Å². The highest BCUT2D eigenvalue weighted by Gasteiger charge is 2.30. The van der Waals surface area contributed by atoms with Gasteiger partial charge < -0.3 is 14.8 Å². The summed E-state index contributed by atoms with van der Waals surface area (Å²) in [5.74, 6) is -0.140. The fraction of sp³-hybridized carbons (Fsp3) is 0.211. The predicted octanol–water partition coefficient (Wildman–Crippen LogP) is 3.26. The quantitative estimate of drug-likeness (QED) is 0.794. The van der Waals surface area contributed by atoms with E-state index >= 15 is 0 Å². The molecule has 0 saturated carbocycles. The number of methoxy groups -OCH3 is 2. The third-order valence-electron chi connectivity index (χ3n) is 4.14. The van der Waals surface area contributed by atoms with Gasteiger partial charge in [-0.25, -0.2) is 0 Å². The number of nitrogens with one attached hydrogen (secondary N) is 1. The van der Waals surface area contributed by atoms with Crippen LogP contribution in [-0.4, -0.2) is 31.9 Å². The molecule has 3 amide bonds. The Morgan fingerprint density at radius 2 is 1.67 bits per heavy atom. The molecule has 0 atom stereocenters. The van der Waals surface area contributed by atoms with Crippen LogP contribution in [-0.2, 0) is 9.59 Å². The minimum Gasteiger partial charge on any atom is -0.493 e. The van der Waals surface area contributed by atoms with Crippen LogP contribution >= 0.6 is 11.6 Å². The molecule has 0 unspecified atom stereocenters. The van der Waals surface area contributed by atoms with Crippen LogP contribution in [0.2, 0.25) is 5.02 Å². The van der Waals surface area contributed by atoms with E-state index < -0.39 is 5.91 Å². The lowest BCUT2D eigenvalue weighted by molar-refractivity contribution is -0.121. The van der Waals surface area contributed by atoms with Crippen LogP contribution in [0.3, 0.4) is 0 Å². The Labute approximate surface area is 160 Å². The molecule has 0 aromatic heterocycles. The number of benzene rings is 2. The summed E-state index contributed by atoms with van der Waals surface area (Å²) in [6, 6.07) is 9.38. The van der Waals surface area contributed by atoms with Crippen molar-refractivity contribution >= 4 is 40.7 Å². The minimum atomic E-state index is -0.440. The maximum Gasteiger partial charge on any atom is 0.255 e. The fourth-order valence-corrected chi connectivity index (χ4v) is 3.00. The lowest BCUT2D eigenvalue weighted by Gasteiger charge is -2.15. The second kappa shape index (κ2) is 7.67. The summed E-state index contributed by atoms with van der Waals surface area (Å²) in [4.78, 5) is 37.5. The molecule has 1 saturated heterocycles. The lowest BCUT2D eigenvalue weighted by atomic mass is 10.1. The van der Waals surface area contributed by atoms with E-state index in [1.54, 1.807) is 24.3 Å². The van der Waals surface area contributed by atoms with Gasteiger partial charge in [-0.15, -0.1) is 0 Å². The van der Waals surface area contributed by atoms with E-state index in [4.69, 9.17) is 21.1 Å². The number of halogens is 1. The molecule has 1 aliphatic rings. The van der Waals surface area contributed by atoms with Crippen LogP contribution in [0.5, 0.6) is 11.5 Å². The first-order valence-corrected chi connectivity index (χ1v) is 8.51. The molecule has 140 valence electrons. The number of hydrogen-bond donors (Lipinski definition) is 1. The molecule has 1 N–H and O–H groups in total. The third-order valence-corrected chi connectivity index (χ3v) is 4.45. The number of ether oxygens (including phenoxy) is 2. The summed E-state index contributed by atoms with van der Waals surface area (Å²) in [6.45, 7) is 0. The summed E-state index contributed by atoms with van der Waals surface area (Å²) in [6.07, 6.45) is 0.354. The number of amides is 3. The Bertz CT molecular complexity index is 912. The molecule has 8 heteroatoms. The number of carbonyl (C=O) groups excluding carboxylic acids is 3. The van der Waals surface area contributed by atoms with Crippen molar-refractivity contribution in [1.29, 1.82) is 0 Å². The first kappa shape index (κ1) is 18.7. The molecule has 7 nitrogen and oxygen atoms in total. The largest absolute Gasteiger partial charge is 0.493 e. The van der Waals surface area contributed by atoms with E-state index in [2.05, 4.69) is 5.32 Å². The maximum atomic E-state index is 12.6. The van der Waals surface area contributed by atoms with E-state index in [0.29, 0.717) is 22.9 Å². The summed E-state index contributed by atoms with van der Waals surface area (Å²) in [5, 5.41) is 2.98. The molecule has 27 heavy (non-hydrogen) atoms. The minimum absolute atomic E-state index is 0.177. The Balaban J connectivity index is 1.86. The highest BCUT2D eigenvalue weighted by Crippen LogP contribution is 2.36. The summed E-state index contributed by atoms with van der Waals surface area (Å²) in [5.41, 5.74) is 0.998. The van der Waals surface area contributed by atoms with Crippen molar-refractivity contribution in [2.45, 2.75) is 12.8 Å². The molecule has 0 aliphatic carbocycles. The number of hydrogen-bond acceptors (Lipinski definition) is 5. The monoisotopic (exact) mass is 388 g/mol. The van der Waals surface area contributed by atoms with Gasteiger partial charge in [-0.1, -0.05) is 17.7 Å². The lowest BCUT2D eigenvalue weighted by Crippen LogP contribution is -2.28. The summed E-state index contributed by atoms with van der Waals surface area (Å²) in [7, 11) is 2.96. The third kappa shape index (κ3) is 3.73. The van der Waals surface area contributed by atoms with Gasteiger partial charge >= 0.3 is 0 Å². The first-order chi connectivity index (χ1) is 12.9. The number of carbonyl (C=O) groups is 3. The van der Waals surface area contributed by atoms with E-state index in [0.717, 1.165) is 4.90 Å². The van der Waals surface area contributed by atoms with Crippen LogP contribution in [0.25, 0.3) is 0 Å². The predicted molar refractivity (Wildman–Crippen MR) is 101 cm³/mol. The van der Waals surface area contributed by atoms with Gasteiger partial charge in [0.05, 0.1) is 30.6 Å². The highest BCUT2D eigenvalue weighted by molar-refractivity contribution is 6.34. The smallest absolute Gasteiger partial charge is 0.255 e. The highest BCUT2D eigenvalue weighted by atomic mass is 35.5. The Hall–Kier alpha value is -3.06. The maximum absolute atomic E-state index is 12.6. The molecule has 1 fully saturated rings.